The van der Waals surface area contributed by atoms with Gasteiger partial charge >= 0.3 is 0 Å². The predicted octanol–water partition coefficient (Wildman–Crippen LogP) is 16.5. The Kier molecular flexibility index (Phi) is 27.7. The van der Waals surface area contributed by atoms with Gasteiger partial charge in [-0.2, -0.15) is 0 Å². The number of hydrogen-bond donors (Lipinski definition) is 2. The number of rotatable bonds is 27. The van der Waals surface area contributed by atoms with Gasteiger partial charge in [0.2, 0.25) is 0 Å². The van der Waals surface area contributed by atoms with Crippen LogP contribution in [0.15, 0.2) is 111 Å². The number of pyridine rings is 3. The first-order valence-corrected chi connectivity index (χ1v) is 43.8. The Labute approximate surface area is 684 Å². The van der Waals surface area contributed by atoms with Crippen LogP contribution in [0.3, 0.4) is 0 Å². The maximum Gasteiger partial charge on any atom is 0.171 e. The lowest BCUT2D eigenvalue weighted by atomic mass is 9.93. The quantitative estimate of drug-likeness (QED) is 0.0276. The molecular formula is C88H103F6N15O8Si. The fourth-order valence-corrected chi connectivity index (χ4v) is 16.5. The number of H-pyrrole nitrogens is 1. The van der Waals surface area contributed by atoms with Crippen molar-refractivity contribution in [1.82, 2.24) is 73.7 Å². The molecule has 0 unspecified atom stereocenters. The van der Waals surface area contributed by atoms with Crippen LogP contribution in [0, 0.1) is 34.9 Å². The first kappa shape index (κ1) is 85.3. The van der Waals surface area contributed by atoms with E-state index in [9.17, 15) is 13.9 Å². The van der Waals surface area contributed by atoms with Crippen molar-refractivity contribution in [3.63, 3.8) is 0 Å². The number of likely N-dealkylation sites (tertiary alicyclic amines) is 3. The van der Waals surface area contributed by atoms with Crippen molar-refractivity contribution < 1.29 is 64.6 Å². The van der Waals surface area contributed by atoms with Crippen molar-refractivity contribution in [2.45, 2.75) is 135 Å². The average molecular weight is 1640 g/mol. The van der Waals surface area contributed by atoms with E-state index in [0.717, 1.165) is 159 Å². The van der Waals surface area contributed by atoms with Gasteiger partial charge in [0.1, 0.15) is 30.4 Å². The molecule has 0 radical (unpaired) electrons. The monoisotopic (exact) mass is 1640 g/mol. The van der Waals surface area contributed by atoms with Crippen LogP contribution in [-0.4, -0.2) is 195 Å². The number of nitrogens with one attached hydrogen (secondary N) is 1. The van der Waals surface area contributed by atoms with Crippen molar-refractivity contribution in [3.8, 4) is 68.3 Å². The smallest absolute Gasteiger partial charge is 0.171 e. The summed E-state index contributed by atoms with van der Waals surface area (Å²) >= 11 is 0. The Balaban J connectivity index is 0.000000154. The summed E-state index contributed by atoms with van der Waals surface area (Å²) in [6.45, 7) is 23.6. The molecule has 12 heterocycles. The van der Waals surface area contributed by atoms with Crippen LogP contribution in [0.2, 0.25) is 25.7 Å². The Morgan fingerprint density at radius 1 is 0.424 bits per heavy atom. The SMILES string of the molecule is CCN1CCC(c2cncc(-c3cnc4[nH]cc(Cc5c(F)c(OC)cc(OC)c5F)c4c3)n2)CC1.CCN1CCC(c2cncc(-c3cnc4c(c3)c(Cc3c(F)c(OC)cc(OC)c3F)cn4CO)n2)CC1.CCN1CCC(c2cncc(-c3cnc4c(c3)c(Cc3c(F)c(OC)cc(OC)c3F)cn4COCC[Si](C)(C)C)n2)CC1. The minimum atomic E-state index is -1.27. The molecule has 3 aliphatic rings. The zero-order valence-electron chi connectivity index (χ0n) is 69.0. The molecule has 9 aromatic heterocycles. The van der Waals surface area contributed by atoms with E-state index in [0.29, 0.717) is 69.1 Å². The zero-order valence-corrected chi connectivity index (χ0v) is 70.0. The molecule has 15 rings (SSSR count). The van der Waals surface area contributed by atoms with Crippen molar-refractivity contribution >= 4 is 41.2 Å². The topological polar surface area (TPSA) is 236 Å². The molecule has 624 valence electrons. The van der Waals surface area contributed by atoms with Crippen LogP contribution >= 0.6 is 0 Å². The van der Waals surface area contributed by atoms with E-state index in [1.807, 2.05) is 47.6 Å². The summed E-state index contributed by atoms with van der Waals surface area (Å²) in [4.78, 5) is 52.6. The number of fused-ring (bicyclic) bond motifs is 3. The lowest BCUT2D eigenvalue weighted by Crippen LogP contribution is -2.32. The highest BCUT2D eigenvalue weighted by Crippen LogP contribution is 2.41. The van der Waals surface area contributed by atoms with E-state index in [1.165, 1.54) is 65.4 Å². The second-order valence-electron chi connectivity index (χ2n) is 31.2. The van der Waals surface area contributed by atoms with Gasteiger partial charge in [-0.1, -0.05) is 40.4 Å². The second kappa shape index (κ2) is 38.4. The lowest BCUT2D eigenvalue weighted by Gasteiger charge is -2.30. The molecule has 0 saturated carbocycles. The first-order valence-electron chi connectivity index (χ1n) is 40.1. The molecular weight excluding hydrogens is 1540 g/mol. The summed E-state index contributed by atoms with van der Waals surface area (Å²) < 4.78 is 131. The molecule has 3 aliphatic heterocycles. The molecule has 23 nitrogen and oxygen atoms in total. The van der Waals surface area contributed by atoms with Crippen LogP contribution in [0.25, 0.3) is 66.9 Å². The van der Waals surface area contributed by atoms with Crippen molar-refractivity contribution in [3.05, 3.63) is 196 Å². The lowest BCUT2D eigenvalue weighted by molar-refractivity contribution is 0.0898. The van der Waals surface area contributed by atoms with Crippen molar-refractivity contribution in [2.75, 3.05) is 108 Å². The minimum absolute atomic E-state index is 0.00190. The van der Waals surface area contributed by atoms with Crippen LogP contribution in [0.1, 0.15) is 128 Å². The number of aliphatic hydroxyl groups excluding tert-OH is 1. The van der Waals surface area contributed by atoms with Crippen LogP contribution in [0.5, 0.6) is 34.5 Å². The first-order chi connectivity index (χ1) is 57.1. The third kappa shape index (κ3) is 19.1. The third-order valence-electron chi connectivity index (χ3n) is 22.9. The van der Waals surface area contributed by atoms with Crippen molar-refractivity contribution in [1.29, 1.82) is 0 Å². The molecule has 3 saturated heterocycles. The number of ether oxygens (including phenoxy) is 7. The van der Waals surface area contributed by atoms with Gasteiger partial charge in [0.25, 0.3) is 0 Å². The Hall–Kier alpha value is -10.6. The van der Waals surface area contributed by atoms with Crippen LogP contribution in [-0.2, 0) is 37.5 Å². The Morgan fingerprint density at radius 3 is 1.09 bits per heavy atom. The highest BCUT2D eigenvalue weighted by molar-refractivity contribution is 6.76. The van der Waals surface area contributed by atoms with Gasteiger partial charge in [0.05, 0.1) is 95.4 Å². The summed E-state index contributed by atoms with van der Waals surface area (Å²) in [5.74, 6) is -4.03. The number of aromatic nitrogens is 12. The number of aromatic amines is 1. The van der Waals surface area contributed by atoms with Gasteiger partial charge in [0, 0.05) is 175 Å². The molecule has 30 heteroatoms. The molecule has 0 atom stereocenters. The molecule has 3 fully saturated rings. The summed E-state index contributed by atoms with van der Waals surface area (Å²) in [5, 5.41) is 12.1. The maximum absolute atomic E-state index is 15.4. The third-order valence-corrected chi connectivity index (χ3v) is 24.6. The number of methoxy groups -OCH3 is 6. The summed E-state index contributed by atoms with van der Waals surface area (Å²) in [6, 6.07) is 10.4. The van der Waals surface area contributed by atoms with Crippen LogP contribution < -0.4 is 28.4 Å². The van der Waals surface area contributed by atoms with E-state index in [4.69, 9.17) is 53.1 Å². The normalized spacial score (nSPS) is 14.8. The highest BCUT2D eigenvalue weighted by Gasteiger charge is 2.30. The van der Waals surface area contributed by atoms with E-state index in [1.54, 1.807) is 49.6 Å². The van der Waals surface area contributed by atoms with E-state index >= 15 is 17.6 Å². The molecule has 118 heavy (non-hydrogen) atoms. The molecule has 0 bridgehead atoms. The molecule has 0 aliphatic carbocycles. The molecule has 12 aromatic rings. The number of benzene rings is 3. The summed E-state index contributed by atoms with van der Waals surface area (Å²) in [6.07, 6.45) is 27.3. The summed E-state index contributed by atoms with van der Waals surface area (Å²) in [5.41, 5.74) is 10.7. The van der Waals surface area contributed by atoms with Gasteiger partial charge in [-0.25, -0.2) is 56.2 Å². The molecule has 0 amide bonds. The van der Waals surface area contributed by atoms with E-state index in [-0.39, 0.29) is 83.9 Å². The zero-order chi connectivity index (χ0) is 83.5. The Morgan fingerprint density at radius 2 is 0.754 bits per heavy atom. The van der Waals surface area contributed by atoms with Gasteiger partial charge in [-0.05, 0) is 138 Å². The number of hydrogen-bond acceptors (Lipinski definition) is 20. The van der Waals surface area contributed by atoms with E-state index in [2.05, 4.69) is 85.0 Å². The number of nitrogens with zero attached hydrogens (tertiary/aromatic N) is 14. The number of aliphatic hydroxyl groups is 1. The van der Waals surface area contributed by atoms with Gasteiger partial charge < -0.3 is 67.1 Å². The standard InChI is InChI=1S/C33H43F2N5O3Si.C28H31F2N5O3.C27H29F2N5O2/c1-7-39-10-8-22(9-11-39)27-18-36-19-28(38-27)23-14-25-24(15-26-31(34)29(41-2)16-30(42-3)32(26)35)20-40(33(25)37-17-23)21-43-12-13-44(4,5)6;1-4-34-7-5-17(6-8-34)22-13-31-14-23(33-22)18-9-20-19(15-35(16-36)28(20)32-12-18)10-21-26(29)24(37-2)11-25(38-3)27(21)30;1-4-34-7-5-16(6-8-34)21-14-30-15-22(33-21)18-10-19-17(12-31-27(19)32-13-18)9-20-25(28)23(35-2)11-24(36-3)26(20)29/h14,16-20,22H,7-13,15,21H2,1-6H3;9,11-15,17,36H,4-8,10,16H2,1-3H3;10-16H,4-9H2,1-3H3,(H,31,32). The maximum atomic E-state index is 15.4. The highest BCUT2D eigenvalue weighted by atomic mass is 28.3. The Bertz CT molecular complexity index is 5400. The minimum Gasteiger partial charge on any atom is -0.494 e. The van der Waals surface area contributed by atoms with Crippen LogP contribution in [0.4, 0.5) is 26.3 Å². The largest absolute Gasteiger partial charge is 0.494 e. The fourth-order valence-electron chi connectivity index (χ4n) is 15.8. The van der Waals surface area contributed by atoms with Gasteiger partial charge in [-0.3, -0.25) is 15.0 Å². The number of halogens is 6. The summed E-state index contributed by atoms with van der Waals surface area (Å²) in [7, 11) is 6.74. The second-order valence-corrected chi connectivity index (χ2v) is 36.8. The molecule has 2 N–H and O–H groups in total. The predicted molar refractivity (Wildman–Crippen MR) is 444 cm³/mol. The number of piperidine rings is 3. The van der Waals surface area contributed by atoms with Crippen molar-refractivity contribution in [2.24, 2.45) is 0 Å². The van der Waals surface area contributed by atoms with E-state index < -0.39 is 43.0 Å². The van der Waals surface area contributed by atoms with Gasteiger partial charge in [-0.15, -0.1) is 0 Å². The molecule has 0 spiro atoms. The van der Waals surface area contributed by atoms with Gasteiger partial charge in [0.15, 0.2) is 69.4 Å². The molecule has 3 aromatic carbocycles. The fraction of sp³-hybridized carbons (Fsp3) is 0.420. The average Bonchev–Trinajstić information content (AvgIpc) is 1.59.